The van der Waals surface area contributed by atoms with Crippen LogP contribution in [-0.4, -0.2) is 52.6 Å². The van der Waals surface area contributed by atoms with Gasteiger partial charge in [-0.2, -0.15) is 12.6 Å². The van der Waals surface area contributed by atoms with E-state index in [4.69, 9.17) is 9.47 Å². The molecule has 3 atom stereocenters. The van der Waals surface area contributed by atoms with Crippen LogP contribution in [0, 0.1) is 0 Å². The third-order valence-electron chi connectivity index (χ3n) is 5.85. The highest BCUT2D eigenvalue weighted by atomic mass is 32.1. The molecule has 0 aromatic heterocycles. The van der Waals surface area contributed by atoms with Crippen LogP contribution in [0.2, 0.25) is 0 Å². The van der Waals surface area contributed by atoms with Gasteiger partial charge in [-0.1, -0.05) is 24.3 Å². The Morgan fingerprint density at radius 2 is 1.93 bits per heavy atom. The van der Waals surface area contributed by atoms with E-state index in [0.717, 1.165) is 22.1 Å². The molecule has 3 rings (SSSR count). The van der Waals surface area contributed by atoms with Gasteiger partial charge in [0.15, 0.2) is 0 Å². The zero-order valence-electron chi connectivity index (χ0n) is 17.8. The number of carbonyl (C=O) groups is 2. The summed E-state index contributed by atoms with van der Waals surface area (Å²) in [5.41, 5.74) is 0.752. The molecule has 1 amide bonds. The number of hydrogen-bond donors (Lipinski definition) is 2. The van der Waals surface area contributed by atoms with E-state index < -0.39 is 16.6 Å². The van der Waals surface area contributed by atoms with Crippen molar-refractivity contribution in [1.29, 1.82) is 0 Å². The lowest BCUT2D eigenvalue weighted by molar-refractivity contribution is -0.139. The topological polar surface area (TPSA) is 76.1 Å². The Hall–Kier alpha value is -2.41. The molecule has 1 aliphatic heterocycles. The van der Waals surface area contributed by atoms with Gasteiger partial charge in [0.05, 0.1) is 19.1 Å². The second kappa shape index (κ2) is 8.76. The summed E-state index contributed by atoms with van der Waals surface area (Å²) in [4.78, 5) is 26.0. The first-order valence-electron chi connectivity index (χ1n) is 10.1. The minimum Gasteiger partial charge on any atom is -0.497 e. The average molecular weight is 432 g/mol. The van der Waals surface area contributed by atoms with Crippen LogP contribution in [0.4, 0.5) is 4.79 Å². The zero-order chi connectivity index (χ0) is 22.1. The predicted molar refractivity (Wildman–Crippen MR) is 120 cm³/mol. The maximum Gasteiger partial charge on any atom is 0.410 e. The van der Waals surface area contributed by atoms with Crippen LogP contribution < -0.4 is 4.74 Å². The van der Waals surface area contributed by atoms with E-state index in [-0.39, 0.29) is 18.2 Å². The van der Waals surface area contributed by atoms with Crippen molar-refractivity contribution >= 4 is 35.5 Å². The fourth-order valence-electron chi connectivity index (χ4n) is 4.03. The normalized spacial score (nSPS) is 18.9. The number of hydrogen-bond acceptors (Lipinski definition) is 5. The average Bonchev–Trinajstić information content (AvgIpc) is 3.09. The molecule has 1 fully saturated rings. The van der Waals surface area contributed by atoms with E-state index in [1.54, 1.807) is 12.0 Å². The number of ether oxygens (including phenoxy) is 2. The first kappa shape index (κ1) is 22.3. The lowest BCUT2D eigenvalue weighted by Crippen LogP contribution is -2.49. The van der Waals surface area contributed by atoms with Crippen molar-refractivity contribution < 1.29 is 24.2 Å². The molecule has 7 heteroatoms. The van der Waals surface area contributed by atoms with Gasteiger partial charge < -0.3 is 14.6 Å². The van der Waals surface area contributed by atoms with Crippen LogP contribution in [0.1, 0.15) is 45.1 Å². The smallest absolute Gasteiger partial charge is 0.410 e. The summed E-state index contributed by atoms with van der Waals surface area (Å²) in [6, 6.07) is 11.1. The van der Waals surface area contributed by atoms with Gasteiger partial charge in [-0.3, -0.25) is 9.69 Å². The first-order valence-corrected chi connectivity index (χ1v) is 10.5. The van der Waals surface area contributed by atoms with E-state index in [2.05, 4.69) is 12.6 Å². The van der Waals surface area contributed by atoms with Crippen molar-refractivity contribution in [2.75, 3.05) is 13.7 Å². The van der Waals surface area contributed by atoms with Crippen LogP contribution in [0.25, 0.3) is 10.8 Å². The Labute approximate surface area is 182 Å². The molecule has 162 valence electrons. The molecule has 6 nitrogen and oxygen atoms in total. The Bertz CT molecular complexity index is 939. The number of carbonyl (C=O) groups excluding carboxylic acids is 1. The molecule has 0 saturated carbocycles. The fourth-order valence-corrected chi connectivity index (χ4v) is 4.23. The number of carboxylic acids is 1. The van der Waals surface area contributed by atoms with Gasteiger partial charge in [-0.15, -0.1) is 0 Å². The summed E-state index contributed by atoms with van der Waals surface area (Å²) in [5, 5.41) is 11.8. The minimum atomic E-state index is -0.870. The largest absolute Gasteiger partial charge is 0.497 e. The Morgan fingerprint density at radius 1 is 1.27 bits per heavy atom. The van der Waals surface area contributed by atoms with Crippen molar-refractivity contribution in [1.82, 2.24) is 4.90 Å². The number of carboxylic acid groups (broad SMARTS) is 1. The maximum absolute atomic E-state index is 12.3. The van der Waals surface area contributed by atoms with Crippen molar-refractivity contribution in [3.63, 3.8) is 0 Å². The molecule has 1 N–H and O–H groups in total. The molecular weight excluding hydrogens is 402 g/mol. The van der Waals surface area contributed by atoms with Gasteiger partial charge in [0.1, 0.15) is 12.4 Å². The summed E-state index contributed by atoms with van der Waals surface area (Å²) in [7, 11) is 1.62. The molecule has 1 heterocycles. The third-order valence-corrected chi connectivity index (χ3v) is 6.14. The van der Waals surface area contributed by atoms with Gasteiger partial charge in [0, 0.05) is 10.8 Å². The van der Waals surface area contributed by atoms with Crippen LogP contribution in [-0.2, 0) is 9.53 Å². The number of thiol groups is 1. The van der Waals surface area contributed by atoms with E-state index in [1.165, 1.54) is 0 Å². The van der Waals surface area contributed by atoms with Crippen molar-refractivity contribution in [3.05, 3.63) is 42.0 Å². The second-order valence-corrected chi connectivity index (χ2v) is 9.60. The van der Waals surface area contributed by atoms with Gasteiger partial charge in [-0.25, -0.2) is 4.79 Å². The van der Waals surface area contributed by atoms with Gasteiger partial charge >= 0.3 is 12.1 Å². The van der Waals surface area contributed by atoms with Gasteiger partial charge in [0.25, 0.3) is 0 Å². The summed E-state index contributed by atoms with van der Waals surface area (Å²) >= 11 is 4.61. The highest BCUT2D eigenvalue weighted by Gasteiger charge is 2.43. The minimum absolute atomic E-state index is 0.150. The Morgan fingerprint density at radius 3 is 2.57 bits per heavy atom. The van der Waals surface area contributed by atoms with E-state index in [1.807, 2.05) is 57.2 Å². The molecule has 0 radical (unpaired) electrons. The molecule has 1 unspecified atom stereocenters. The Balaban J connectivity index is 1.77. The fraction of sp³-hybridized carbons (Fsp3) is 0.478. The number of aliphatic carboxylic acids is 1. The van der Waals surface area contributed by atoms with Crippen LogP contribution >= 0.6 is 12.6 Å². The van der Waals surface area contributed by atoms with Crippen LogP contribution in [0.5, 0.6) is 5.75 Å². The third kappa shape index (κ3) is 4.67. The van der Waals surface area contributed by atoms with E-state index in [0.29, 0.717) is 19.4 Å². The molecule has 1 aliphatic rings. The summed E-state index contributed by atoms with van der Waals surface area (Å²) in [6.45, 7) is 6.14. The van der Waals surface area contributed by atoms with Crippen LogP contribution in [0.15, 0.2) is 36.4 Å². The molecule has 2 aromatic carbocycles. The van der Waals surface area contributed by atoms with E-state index in [9.17, 15) is 14.7 Å². The van der Waals surface area contributed by atoms with Crippen molar-refractivity contribution in [2.45, 2.75) is 56.4 Å². The molecule has 30 heavy (non-hydrogen) atoms. The zero-order valence-corrected chi connectivity index (χ0v) is 18.7. The monoisotopic (exact) mass is 431 g/mol. The summed E-state index contributed by atoms with van der Waals surface area (Å²) < 4.78 is 10.1. The lowest BCUT2D eigenvalue weighted by Gasteiger charge is -2.35. The highest BCUT2D eigenvalue weighted by molar-refractivity contribution is 7.81. The number of methoxy groups -OCH3 is 1. The summed E-state index contributed by atoms with van der Waals surface area (Å²) in [6.07, 6.45) is 0.607. The summed E-state index contributed by atoms with van der Waals surface area (Å²) in [5.74, 6) is -0.761. The number of cyclic esters (lactones) is 1. The van der Waals surface area contributed by atoms with Crippen LogP contribution in [0.3, 0.4) is 0 Å². The van der Waals surface area contributed by atoms with Crippen molar-refractivity contribution in [3.8, 4) is 5.75 Å². The molecule has 2 aromatic rings. The quantitative estimate of drug-likeness (QED) is 0.592. The van der Waals surface area contributed by atoms with Gasteiger partial charge in [0.2, 0.25) is 0 Å². The molecule has 1 saturated heterocycles. The lowest BCUT2D eigenvalue weighted by atomic mass is 9.90. The number of amides is 1. The maximum atomic E-state index is 12.3. The van der Waals surface area contributed by atoms with Gasteiger partial charge in [-0.05, 0) is 62.1 Å². The molecule has 0 bridgehead atoms. The number of fused-ring (bicyclic) bond motifs is 1. The standard InChI is InChI=1S/C23H29NO5S/c1-14(24-20(23(2,3)30)13-29-22(24)27)5-10-19(21(25)26)17-7-6-16-12-18(28-4)9-8-15(16)11-17/h6-9,11-12,14,19-20,30H,5,10,13H2,1-4H3,(H,25,26)/t14-,19?,20-/m0/s1. The molecule has 0 aliphatic carbocycles. The first-order chi connectivity index (χ1) is 14.1. The Kier molecular flexibility index (Phi) is 6.50. The highest BCUT2D eigenvalue weighted by Crippen LogP contribution is 2.33. The number of nitrogens with zero attached hydrogens (tertiary/aromatic N) is 1. The van der Waals surface area contributed by atoms with E-state index >= 15 is 0 Å². The molecule has 0 spiro atoms. The number of rotatable bonds is 8. The predicted octanol–water partition coefficient (Wildman–Crippen LogP) is 4.71. The SMILES string of the molecule is COc1ccc2cc(C(CC[C@H](C)N3C(=O)OC[C@H]3C(C)(C)S)C(=O)O)ccc2c1. The van der Waals surface area contributed by atoms with Crippen molar-refractivity contribution in [2.24, 2.45) is 0 Å². The molecular formula is C23H29NO5S. The number of benzene rings is 2. The second-order valence-electron chi connectivity index (χ2n) is 8.44.